The van der Waals surface area contributed by atoms with Crippen LogP contribution in [0.1, 0.15) is 84.5 Å². The lowest BCUT2D eigenvalue weighted by molar-refractivity contribution is -0.122. The van der Waals surface area contributed by atoms with Crippen LogP contribution in [0.4, 0.5) is 0 Å². The van der Waals surface area contributed by atoms with E-state index in [-0.39, 0.29) is 18.2 Å². The third-order valence-electron chi connectivity index (χ3n) is 5.26. The lowest BCUT2D eigenvalue weighted by Crippen LogP contribution is -2.42. The van der Waals surface area contributed by atoms with Crippen LogP contribution in [-0.4, -0.2) is 74.3 Å². The summed E-state index contributed by atoms with van der Waals surface area (Å²) in [6, 6.07) is 0. The topological polar surface area (TPSA) is 89.9 Å². The fourth-order valence-corrected chi connectivity index (χ4v) is 4.00. The summed E-state index contributed by atoms with van der Waals surface area (Å²) in [7, 11) is 0.616. The average molecular weight is 436 g/mol. The number of amides is 1. The molecule has 7 nitrogen and oxygen atoms in total. The molecule has 0 spiro atoms. The van der Waals surface area contributed by atoms with Gasteiger partial charge in [0.25, 0.3) is 0 Å². The van der Waals surface area contributed by atoms with Gasteiger partial charge in [-0.25, -0.2) is 12.7 Å². The molecule has 0 radical (unpaired) electrons. The predicted octanol–water partition coefficient (Wildman–Crippen LogP) is 2.94. The molecule has 0 fully saturated rings. The van der Waals surface area contributed by atoms with Gasteiger partial charge in [0.15, 0.2) is 0 Å². The number of hydrogen-bond donors (Lipinski definition) is 2. The van der Waals surface area contributed by atoms with Crippen molar-refractivity contribution in [1.29, 1.82) is 0 Å². The molecule has 0 aliphatic carbocycles. The summed E-state index contributed by atoms with van der Waals surface area (Å²) >= 11 is 0. The molecule has 2 N–H and O–H groups in total. The molecular weight excluding hydrogens is 390 g/mol. The Morgan fingerprint density at radius 1 is 0.966 bits per heavy atom. The van der Waals surface area contributed by atoms with Crippen molar-refractivity contribution < 1.29 is 18.3 Å². The fraction of sp³-hybridized carbons (Fsp3) is 0.952. The number of sulfonamides is 1. The lowest BCUT2D eigenvalue weighted by atomic mass is 10.1. The Hall–Kier alpha value is -0.700. The second-order valence-corrected chi connectivity index (χ2v) is 10.3. The fourth-order valence-electron chi connectivity index (χ4n) is 3.08. The van der Waals surface area contributed by atoms with Crippen molar-refractivity contribution in [2.24, 2.45) is 0 Å². The summed E-state index contributed by atoms with van der Waals surface area (Å²) < 4.78 is 25.5. The molecule has 0 aliphatic heterocycles. The minimum Gasteiger partial charge on any atom is -0.393 e. The molecule has 0 saturated heterocycles. The van der Waals surface area contributed by atoms with Gasteiger partial charge in [0.2, 0.25) is 15.9 Å². The van der Waals surface area contributed by atoms with E-state index in [1.165, 1.54) is 10.6 Å². The minimum atomic E-state index is -3.23. The van der Waals surface area contributed by atoms with Crippen molar-refractivity contribution in [3.8, 4) is 0 Å². The molecule has 0 rings (SSSR count). The van der Waals surface area contributed by atoms with Crippen LogP contribution in [-0.2, 0) is 14.8 Å². The Balaban J connectivity index is 4.00. The first-order valence-corrected chi connectivity index (χ1v) is 13.0. The van der Waals surface area contributed by atoms with E-state index < -0.39 is 10.0 Å². The maximum atomic E-state index is 12.0. The van der Waals surface area contributed by atoms with Crippen molar-refractivity contribution >= 4 is 15.9 Å². The lowest BCUT2D eigenvalue weighted by Gasteiger charge is -2.21. The zero-order valence-electron chi connectivity index (χ0n) is 19.3. The van der Waals surface area contributed by atoms with E-state index in [1.54, 1.807) is 0 Å². The van der Waals surface area contributed by atoms with Crippen LogP contribution in [0.15, 0.2) is 0 Å². The number of rotatable bonds is 18. The van der Waals surface area contributed by atoms with Crippen LogP contribution in [0.5, 0.6) is 0 Å². The standard InChI is InChI=1S/C21H45N3O4S/c1-6-7-10-14-20(25)15-13-18-24(29(5,27)28)17-12-9-8-11-16-21(26)22-19(2)23(3)4/h19-20,25H,6-18H2,1-5H3,(H,22,26). The van der Waals surface area contributed by atoms with Crippen molar-refractivity contribution in [1.82, 2.24) is 14.5 Å². The molecule has 2 unspecified atom stereocenters. The summed E-state index contributed by atoms with van der Waals surface area (Å²) in [6.45, 7) is 5.06. The Kier molecular flexibility index (Phi) is 15.7. The van der Waals surface area contributed by atoms with Gasteiger partial charge in [-0.3, -0.25) is 9.69 Å². The molecule has 0 heterocycles. The number of carbonyl (C=O) groups excluding carboxylic acids is 1. The number of unbranched alkanes of at least 4 members (excludes halogenated alkanes) is 5. The molecule has 0 saturated carbocycles. The smallest absolute Gasteiger partial charge is 0.221 e. The maximum Gasteiger partial charge on any atom is 0.221 e. The molecule has 2 atom stereocenters. The Bertz CT molecular complexity index is 526. The van der Waals surface area contributed by atoms with Gasteiger partial charge in [-0.1, -0.05) is 39.0 Å². The SMILES string of the molecule is CCCCCC(O)CCCN(CCCCCCC(=O)NC(C)N(C)C)S(C)(=O)=O. The van der Waals surface area contributed by atoms with E-state index in [9.17, 15) is 18.3 Å². The van der Waals surface area contributed by atoms with Gasteiger partial charge >= 0.3 is 0 Å². The third-order valence-corrected chi connectivity index (χ3v) is 6.56. The molecule has 0 aromatic rings. The van der Waals surface area contributed by atoms with E-state index >= 15 is 0 Å². The first-order valence-electron chi connectivity index (χ1n) is 11.2. The maximum absolute atomic E-state index is 12.0. The molecular formula is C21H45N3O4S. The molecule has 29 heavy (non-hydrogen) atoms. The normalized spacial score (nSPS) is 14.3. The van der Waals surface area contributed by atoms with Crippen LogP contribution >= 0.6 is 0 Å². The molecule has 0 aliphatic rings. The number of carbonyl (C=O) groups is 1. The quantitative estimate of drug-likeness (QED) is 0.255. The largest absolute Gasteiger partial charge is 0.393 e. The van der Waals surface area contributed by atoms with Gasteiger partial charge in [-0.2, -0.15) is 0 Å². The summed E-state index contributed by atoms with van der Waals surface area (Å²) in [4.78, 5) is 13.8. The van der Waals surface area contributed by atoms with Gasteiger partial charge in [0, 0.05) is 19.5 Å². The van der Waals surface area contributed by atoms with Crippen LogP contribution < -0.4 is 5.32 Å². The number of nitrogens with zero attached hydrogens (tertiary/aromatic N) is 2. The average Bonchev–Trinajstić information content (AvgIpc) is 2.62. The molecule has 8 heteroatoms. The third kappa shape index (κ3) is 15.8. The van der Waals surface area contributed by atoms with Crippen LogP contribution in [0.2, 0.25) is 0 Å². The van der Waals surface area contributed by atoms with Crippen molar-refractivity contribution in [2.45, 2.75) is 96.7 Å². The zero-order chi connectivity index (χ0) is 22.3. The first-order chi connectivity index (χ1) is 13.6. The Morgan fingerprint density at radius 3 is 2.14 bits per heavy atom. The summed E-state index contributed by atoms with van der Waals surface area (Å²) in [5.74, 6) is 0.0569. The highest BCUT2D eigenvalue weighted by Crippen LogP contribution is 2.12. The van der Waals surface area contributed by atoms with E-state index in [0.717, 1.165) is 51.4 Å². The van der Waals surface area contributed by atoms with Gasteiger partial charge in [-0.05, 0) is 53.1 Å². The van der Waals surface area contributed by atoms with Crippen LogP contribution in [0, 0.1) is 0 Å². The summed E-state index contributed by atoms with van der Waals surface area (Å²) in [5, 5.41) is 12.9. The van der Waals surface area contributed by atoms with E-state index in [2.05, 4.69) is 12.2 Å². The highest BCUT2D eigenvalue weighted by atomic mass is 32.2. The van der Waals surface area contributed by atoms with Gasteiger partial charge in [-0.15, -0.1) is 0 Å². The highest BCUT2D eigenvalue weighted by molar-refractivity contribution is 7.88. The minimum absolute atomic E-state index is 0.0241. The summed E-state index contributed by atoms with van der Waals surface area (Å²) in [6.07, 6.45) is 10.3. The zero-order valence-corrected chi connectivity index (χ0v) is 20.1. The Labute approximate surface area is 179 Å². The number of aliphatic hydroxyl groups excluding tert-OH is 1. The van der Waals surface area contributed by atoms with Crippen molar-refractivity contribution in [2.75, 3.05) is 33.4 Å². The van der Waals surface area contributed by atoms with E-state index in [0.29, 0.717) is 32.4 Å². The first kappa shape index (κ1) is 28.3. The summed E-state index contributed by atoms with van der Waals surface area (Å²) in [5.41, 5.74) is 0. The van der Waals surface area contributed by atoms with E-state index in [4.69, 9.17) is 0 Å². The number of nitrogens with one attached hydrogen (secondary N) is 1. The molecule has 174 valence electrons. The van der Waals surface area contributed by atoms with Gasteiger partial charge in [0.1, 0.15) is 0 Å². The molecule has 0 bridgehead atoms. The number of aliphatic hydroxyl groups is 1. The molecule has 0 aromatic heterocycles. The molecule has 1 amide bonds. The van der Waals surface area contributed by atoms with Gasteiger partial charge < -0.3 is 10.4 Å². The van der Waals surface area contributed by atoms with Gasteiger partial charge in [0.05, 0.1) is 18.5 Å². The van der Waals surface area contributed by atoms with E-state index in [1.807, 2.05) is 25.9 Å². The second-order valence-electron chi connectivity index (χ2n) is 8.33. The van der Waals surface area contributed by atoms with Crippen molar-refractivity contribution in [3.05, 3.63) is 0 Å². The number of hydrogen-bond acceptors (Lipinski definition) is 5. The predicted molar refractivity (Wildman–Crippen MR) is 120 cm³/mol. The Morgan fingerprint density at radius 2 is 1.55 bits per heavy atom. The monoisotopic (exact) mass is 435 g/mol. The molecule has 0 aromatic carbocycles. The van der Waals surface area contributed by atoms with Crippen molar-refractivity contribution in [3.63, 3.8) is 0 Å². The van der Waals surface area contributed by atoms with Crippen LogP contribution in [0.25, 0.3) is 0 Å². The van der Waals surface area contributed by atoms with Crippen LogP contribution in [0.3, 0.4) is 0 Å². The second kappa shape index (κ2) is 16.1. The highest BCUT2D eigenvalue weighted by Gasteiger charge is 2.16.